The third kappa shape index (κ3) is 5.24. The van der Waals surface area contributed by atoms with Crippen LogP contribution in [0.5, 0.6) is 0 Å². The molecule has 1 unspecified atom stereocenters. The van der Waals surface area contributed by atoms with Crippen LogP contribution in [0.15, 0.2) is 57.5 Å². The lowest BCUT2D eigenvalue weighted by Crippen LogP contribution is -2.29. The Morgan fingerprint density at radius 2 is 1.76 bits per heavy atom. The Kier molecular flexibility index (Phi) is 6.46. The molecule has 0 aromatic heterocycles. The Morgan fingerprint density at radius 1 is 1.00 bits per heavy atom. The maximum atomic E-state index is 3.66. The molecule has 0 saturated heterocycles. The van der Waals surface area contributed by atoms with Crippen LogP contribution >= 0.6 is 31.9 Å². The Morgan fingerprint density at radius 3 is 2.43 bits per heavy atom. The molecule has 2 rings (SSSR count). The van der Waals surface area contributed by atoms with Gasteiger partial charge in [-0.2, -0.15) is 0 Å². The normalized spacial score (nSPS) is 12.6. The van der Waals surface area contributed by atoms with Gasteiger partial charge < -0.3 is 5.32 Å². The second-order valence-electron chi connectivity index (χ2n) is 5.61. The highest BCUT2D eigenvalue weighted by atomic mass is 79.9. The lowest BCUT2D eigenvalue weighted by Gasteiger charge is -2.21. The van der Waals surface area contributed by atoms with Crippen LogP contribution in [0.1, 0.15) is 30.9 Å². The van der Waals surface area contributed by atoms with Crippen molar-refractivity contribution < 1.29 is 0 Å². The van der Waals surface area contributed by atoms with Crippen molar-refractivity contribution in [2.24, 2.45) is 0 Å². The highest BCUT2D eigenvalue weighted by Crippen LogP contribution is 2.27. The summed E-state index contributed by atoms with van der Waals surface area (Å²) < 4.78 is 2.33. The first kappa shape index (κ1) is 16.7. The van der Waals surface area contributed by atoms with Gasteiger partial charge in [0.05, 0.1) is 0 Å². The van der Waals surface area contributed by atoms with Crippen molar-refractivity contribution in [3.05, 3.63) is 68.6 Å². The van der Waals surface area contributed by atoms with E-state index in [0.29, 0.717) is 12.0 Å². The lowest BCUT2D eigenvalue weighted by molar-refractivity contribution is 0.526. The summed E-state index contributed by atoms with van der Waals surface area (Å²) in [7, 11) is 0. The zero-order chi connectivity index (χ0) is 15.2. The van der Waals surface area contributed by atoms with Crippen LogP contribution in [-0.4, -0.2) is 12.6 Å². The predicted octanol–water partition coefficient (Wildman–Crippen LogP) is 5.54. The van der Waals surface area contributed by atoms with E-state index in [4.69, 9.17) is 0 Å². The van der Waals surface area contributed by atoms with E-state index >= 15 is 0 Å². The first-order valence-corrected chi connectivity index (χ1v) is 8.87. The molecule has 0 aliphatic carbocycles. The fourth-order valence-corrected chi connectivity index (χ4v) is 3.24. The lowest BCUT2D eigenvalue weighted by atomic mass is 9.91. The minimum absolute atomic E-state index is 0.462. The summed E-state index contributed by atoms with van der Waals surface area (Å²) in [6, 6.07) is 17.6. The van der Waals surface area contributed by atoms with E-state index in [2.05, 4.69) is 99.6 Å². The van der Waals surface area contributed by atoms with E-state index in [-0.39, 0.29) is 0 Å². The van der Waals surface area contributed by atoms with Gasteiger partial charge in [0.2, 0.25) is 0 Å². The molecular weight excluding hydrogens is 390 g/mol. The van der Waals surface area contributed by atoms with Crippen molar-refractivity contribution in [3.63, 3.8) is 0 Å². The van der Waals surface area contributed by atoms with Gasteiger partial charge in [-0.15, -0.1) is 0 Å². The number of hydrogen-bond donors (Lipinski definition) is 1. The van der Waals surface area contributed by atoms with Crippen molar-refractivity contribution in [1.82, 2.24) is 5.32 Å². The number of rotatable bonds is 6. The highest BCUT2D eigenvalue weighted by Gasteiger charge is 2.14. The second-order valence-corrected chi connectivity index (χ2v) is 7.38. The van der Waals surface area contributed by atoms with Gasteiger partial charge in [0.25, 0.3) is 0 Å². The average Bonchev–Trinajstić information content (AvgIpc) is 2.45. The molecule has 2 aromatic rings. The quantitative estimate of drug-likeness (QED) is 0.659. The standard InChI is InChI=1S/C18H21Br2N/c1-13(2)21-12-16(14-7-5-8-17(19)11-14)10-15-6-3-4-9-18(15)20/h3-9,11,13,16,21H,10,12H2,1-2H3. The van der Waals surface area contributed by atoms with Gasteiger partial charge in [-0.25, -0.2) is 0 Å². The van der Waals surface area contributed by atoms with Crippen LogP contribution in [0, 0.1) is 0 Å². The van der Waals surface area contributed by atoms with Gasteiger partial charge in [-0.3, -0.25) is 0 Å². The summed E-state index contributed by atoms with van der Waals surface area (Å²) in [5, 5.41) is 3.57. The van der Waals surface area contributed by atoms with E-state index in [0.717, 1.165) is 17.4 Å². The first-order chi connectivity index (χ1) is 10.1. The zero-order valence-electron chi connectivity index (χ0n) is 12.4. The van der Waals surface area contributed by atoms with Gasteiger partial charge in [0.15, 0.2) is 0 Å². The SMILES string of the molecule is CC(C)NCC(Cc1ccccc1Br)c1cccc(Br)c1. The molecule has 0 spiro atoms. The van der Waals surface area contributed by atoms with Gasteiger partial charge >= 0.3 is 0 Å². The molecule has 1 atom stereocenters. The van der Waals surface area contributed by atoms with Crippen LogP contribution in [0.3, 0.4) is 0 Å². The van der Waals surface area contributed by atoms with Crippen molar-refractivity contribution in [2.75, 3.05) is 6.54 Å². The second kappa shape index (κ2) is 8.11. The molecule has 0 saturated carbocycles. The number of benzene rings is 2. The minimum atomic E-state index is 0.462. The van der Waals surface area contributed by atoms with Crippen molar-refractivity contribution in [1.29, 1.82) is 0 Å². The van der Waals surface area contributed by atoms with E-state index in [9.17, 15) is 0 Å². The molecule has 0 heterocycles. The molecule has 2 aromatic carbocycles. The summed E-state index contributed by atoms with van der Waals surface area (Å²) in [4.78, 5) is 0. The van der Waals surface area contributed by atoms with Crippen molar-refractivity contribution in [2.45, 2.75) is 32.2 Å². The monoisotopic (exact) mass is 409 g/mol. The average molecular weight is 411 g/mol. The number of hydrogen-bond acceptors (Lipinski definition) is 1. The molecule has 21 heavy (non-hydrogen) atoms. The van der Waals surface area contributed by atoms with Gasteiger partial charge in [0, 0.05) is 27.4 Å². The Labute approximate surface area is 144 Å². The van der Waals surface area contributed by atoms with Gasteiger partial charge in [-0.1, -0.05) is 76.0 Å². The molecule has 0 bridgehead atoms. The van der Waals surface area contributed by atoms with Crippen LogP contribution in [0.2, 0.25) is 0 Å². The van der Waals surface area contributed by atoms with Crippen LogP contribution in [0.25, 0.3) is 0 Å². The zero-order valence-corrected chi connectivity index (χ0v) is 15.6. The van der Waals surface area contributed by atoms with E-state index < -0.39 is 0 Å². The fourth-order valence-electron chi connectivity index (χ4n) is 2.38. The van der Waals surface area contributed by atoms with Crippen LogP contribution < -0.4 is 5.32 Å². The summed E-state index contributed by atoms with van der Waals surface area (Å²) in [6.45, 7) is 5.36. The summed E-state index contributed by atoms with van der Waals surface area (Å²) in [5.74, 6) is 0.462. The molecule has 112 valence electrons. The van der Waals surface area contributed by atoms with Crippen LogP contribution in [-0.2, 0) is 6.42 Å². The van der Waals surface area contributed by atoms with E-state index in [1.807, 2.05) is 0 Å². The predicted molar refractivity (Wildman–Crippen MR) is 97.9 cm³/mol. The molecule has 0 amide bonds. The van der Waals surface area contributed by atoms with Gasteiger partial charge in [-0.05, 0) is 35.7 Å². The van der Waals surface area contributed by atoms with Gasteiger partial charge in [0.1, 0.15) is 0 Å². The molecular formula is C18H21Br2N. The topological polar surface area (TPSA) is 12.0 Å². The fraction of sp³-hybridized carbons (Fsp3) is 0.333. The largest absolute Gasteiger partial charge is 0.314 e. The first-order valence-electron chi connectivity index (χ1n) is 7.28. The molecule has 3 heteroatoms. The Balaban J connectivity index is 2.21. The molecule has 0 radical (unpaired) electrons. The highest BCUT2D eigenvalue weighted by molar-refractivity contribution is 9.10. The van der Waals surface area contributed by atoms with Crippen molar-refractivity contribution >= 4 is 31.9 Å². The molecule has 1 N–H and O–H groups in total. The molecule has 0 aliphatic rings. The van der Waals surface area contributed by atoms with Crippen LogP contribution in [0.4, 0.5) is 0 Å². The van der Waals surface area contributed by atoms with E-state index in [1.165, 1.54) is 15.6 Å². The van der Waals surface area contributed by atoms with Crippen molar-refractivity contribution in [3.8, 4) is 0 Å². The number of halogens is 2. The third-order valence-electron chi connectivity index (χ3n) is 3.52. The summed E-state index contributed by atoms with van der Waals surface area (Å²) in [5.41, 5.74) is 2.72. The Hall–Kier alpha value is -0.640. The maximum absolute atomic E-state index is 3.66. The molecule has 1 nitrogen and oxygen atoms in total. The Bertz CT molecular complexity index is 581. The smallest absolute Gasteiger partial charge is 0.0207 e. The summed E-state index contributed by atoms with van der Waals surface area (Å²) in [6.07, 6.45) is 1.03. The number of nitrogens with one attached hydrogen (secondary N) is 1. The minimum Gasteiger partial charge on any atom is -0.314 e. The molecule has 0 fully saturated rings. The summed E-state index contributed by atoms with van der Waals surface area (Å²) >= 11 is 7.24. The third-order valence-corrected chi connectivity index (χ3v) is 4.78. The maximum Gasteiger partial charge on any atom is 0.0207 e. The molecule has 0 aliphatic heterocycles. The van der Waals surface area contributed by atoms with E-state index in [1.54, 1.807) is 0 Å².